The van der Waals surface area contributed by atoms with Crippen molar-refractivity contribution in [3.05, 3.63) is 59.4 Å². The highest BCUT2D eigenvalue weighted by Crippen LogP contribution is 2.29. The van der Waals surface area contributed by atoms with Gasteiger partial charge < -0.3 is 10.7 Å². The largest absolute Gasteiger partial charge is 0.321 e. The van der Waals surface area contributed by atoms with E-state index < -0.39 is 38.0 Å². The van der Waals surface area contributed by atoms with Crippen molar-refractivity contribution in [2.75, 3.05) is 11.1 Å². The van der Waals surface area contributed by atoms with Crippen LogP contribution in [0.15, 0.2) is 36.5 Å². The molecule has 0 spiro atoms. The van der Waals surface area contributed by atoms with Gasteiger partial charge in [-0.3, -0.25) is 4.79 Å². The highest BCUT2D eigenvalue weighted by atomic mass is 32.2. The topological polar surface area (TPSA) is 100.0 Å². The fourth-order valence-electron chi connectivity index (χ4n) is 2.95. The highest BCUT2D eigenvalue weighted by molar-refractivity contribution is 7.93. The fourth-order valence-corrected chi connectivity index (χ4v) is 4.72. The van der Waals surface area contributed by atoms with Crippen LogP contribution in [-0.4, -0.2) is 35.5 Å². The number of amides is 1. The van der Waals surface area contributed by atoms with Crippen LogP contribution in [0.2, 0.25) is 0 Å². The summed E-state index contributed by atoms with van der Waals surface area (Å²) < 4.78 is 51.7. The molecule has 0 aliphatic rings. The van der Waals surface area contributed by atoms with E-state index in [0.29, 0.717) is 6.42 Å². The maximum absolute atomic E-state index is 14.4. The number of nitrogens with one attached hydrogen (secondary N) is 2. The molecule has 0 aliphatic carbocycles. The number of halogens is 2. The van der Waals surface area contributed by atoms with Gasteiger partial charge in [0.1, 0.15) is 22.1 Å². The van der Waals surface area contributed by atoms with E-state index in [9.17, 15) is 22.0 Å². The van der Waals surface area contributed by atoms with Crippen LogP contribution >= 0.6 is 0 Å². The summed E-state index contributed by atoms with van der Waals surface area (Å²) in [4.78, 5) is 15.9. The molecule has 0 unspecified atom stereocenters. The second kappa shape index (κ2) is 8.99. The van der Waals surface area contributed by atoms with Gasteiger partial charge >= 0.3 is 0 Å². The number of aromatic nitrogens is 1. The number of hydrogen-bond acceptors (Lipinski definition) is 5. The Bertz CT molecular complexity index is 1050. The van der Waals surface area contributed by atoms with Gasteiger partial charge in [-0.05, 0) is 62.1 Å². The molecule has 30 heavy (non-hydrogen) atoms. The fraction of sp³-hybridized carbons (Fsp3) is 0.381. The number of benzene rings is 1. The molecule has 1 heterocycles. The Morgan fingerprint density at radius 2 is 1.90 bits per heavy atom. The zero-order chi connectivity index (χ0) is 22.7. The first kappa shape index (κ1) is 23.6. The molecule has 2 N–H and O–H groups in total. The first-order valence-corrected chi connectivity index (χ1v) is 11.1. The standard InChI is InChI=1S/C21H25F2N3O3S/c1-5-19(24)21(3,4)30(28,29)12-13(2)16-10-15(7-8-17(16)23)26-20(27)18-9-6-14(22)11-25-18/h6-11,13,24H,5,12H2,1-4H3,(H,26,27)/t13-/m0/s1. The van der Waals surface area contributed by atoms with Crippen molar-refractivity contribution < 1.29 is 22.0 Å². The van der Waals surface area contributed by atoms with Crippen molar-refractivity contribution in [3.63, 3.8) is 0 Å². The van der Waals surface area contributed by atoms with Gasteiger partial charge in [-0.25, -0.2) is 22.2 Å². The Hall–Kier alpha value is -2.68. The van der Waals surface area contributed by atoms with E-state index >= 15 is 0 Å². The lowest BCUT2D eigenvalue weighted by atomic mass is 10.0. The summed E-state index contributed by atoms with van der Waals surface area (Å²) in [6, 6.07) is 6.17. The first-order chi connectivity index (χ1) is 13.9. The third-order valence-electron chi connectivity index (χ3n) is 5.07. The van der Waals surface area contributed by atoms with Gasteiger partial charge in [0, 0.05) is 11.4 Å². The van der Waals surface area contributed by atoms with Gasteiger partial charge in [-0.2, -0.15) is 0 Å². The predicted molar refractivity (Wildman–Crippen MR) is 113 cm³/mol. The summed E-state index contributed by atoms with van der Waals surface area (Å²) in [5, 5.41) is 10.5. The third-order valence-corrected chi connectivity index (χ3v) is 7.81. The minimum atomic E-state index is -3.74. The first-order valence-electron chi connectivity index (χ1n) is 9.41. The lowest BCUT2D eigenvalue weighted by Gasteiger charge is -2.27. The van der Waals surface area contributed by atoms with Gasteiger partial charge in [0.25, 0.3) is 5.91 Å². The number of anilines is 1. The monoisotopic (exact) mass is 437 g/mol. The predicted octanol–water partition coefficient (Wildman–Crippen LogP) is 4.34. The average Bonchev–Trinajstić information content (AvgIpc) is 2.68. The van der Waals surface area contributed by atoms with Gasteiger partial charge in [-0.1, -0.05) is 13.8 Å². The molecule has 1 aromatic heterocycles. The molecule has 0 saturated carbocycles. The molecule has 6 nitrogen and oxygen atoms in total. The highest BCUT2D eigenvalue weighted by Gasteiger charge is 2.38. The molecule has 1 atom stereocenters. The number of rotatable bonds is 8. The maximum atomic E-state index is 14.4. The Kier molecular flexibility index (Phi) is 7.07. The van der Waals surface area contributed by atoms with Crippen LogP contribution in [0.1, 0.15) is 56.1 Å². The van der Waals surface area contributed by atoms with Crippen molar-refractivity contribution in [3.8, 4) is 0 Å². The molecule has 0 fully saturated rings. The van der Waals surface area contributed by atoms with Crippen LogP contribution in [0.4, 0.5) is 14.5 Å². The molecule has 1 aromatic carbocycles. The molecule has 0 aliphatic heterocycles. The summed E-state index contributed by atoms with van der Waals surface area (Å²) in [5.41, 5.74) is 0.454. The number of carbonyl (C=O) groups excluding carboxylic acids is 1. The van der Waals surface area contributed by atoms with E-state index in [1.165, 1.54) is 32.0 Å². The van der Waals surface area contributed by atoms with Crippen LogP contribution < -0.4 is 5.32 Å². The van der Waals surface area contributed by atoms with Crippen molar-refractivity contribution in [2.24, 2.45) is 0 Å². The lowest BCUT2D eigenvalue weighted by molar-refractivity contribution is 0.102. The van der Waals surface area contributed by atoms with Crippen LogP contribution in [0, 0.1) is 17.0 Å². The van der Waals surface area contributed by atoms with Crippen LogP contribution in [0.5, 0.6) is 0 Å². The van der Waals surface area contributed by atoms with Gasteiger partial charge in [0.05, 0.1) is 11.9 Å². The summed E-state index contributed by atoms with van der Waals surface area (Å²) in [7, 11) is -3.74. The number of pyridine rings is 1. The molecule has 2 rings (SSSR count). The van der Waals surface area contributed by atoms with Crippen molar-refractivity contribution in [1.82, 2.24) is 4.98 Å². The van der Waals surface area contributed by atoms with Crippen LogP contribution in [-0.2, 0) is 9.84 Å². The van der Waals surface area contributed by atoms with E-state index in [1.54, 1.807) is 13.8 Å². The summed E-state index contributed by atoms with van der Waals surface area (Å²) in [6.45, 7) is 6.24. The second-order valence-electron chi connectivity index (χ2n) is 7.58. The molecular formula is C21H25F2N3O3S. The van der Waals surface area contributed by atoms with Gasteiger partial charge in [0.2, 0.25) is 0 Å². The molecule has 0 radical (unpaired) electrons. The smallest absolute Gasteiger partial charge is 0.274 e. The number of nitrogens with zero attached hydrogens (tertiary/aromatic N) is 1. The molecule has 162 valence electrons. The third kappa shape index (κ3) is 5.08. The molecule has 1 amide bonds. The van der Waals surface area contributed by atoms with E-state index in [-0.39, 0.29) is 28.4 Å². The van der Waals surface area contributed by atoms with Crippen molar-refractivity contribution in [1.29, 1.82) is 5.41 Å². The SMILES string of the molecule is CCC(=N)C(C)(C)S(=O)(=O)C[C@H](C)c1cc(NC(=O)c2ccc(F)cn2)ccc1F. The van der Waals surface area contributed by atoms with E-state index in [4.69, 9.17) is 5.41 Å². The Morgan fingerprint density at radius 3 is 2.47 bits per heavy atom. The lowest BCUT2D eigenvalue weighted by Crippen LogP contribution is -2.42. The zero-order valence-electron chi connectivity index (χ0n) is 17.3. The molecule has 0 saturated heterocycles. The van der Waals surface area contributed by atoms with Crippen molar-refractivity contribution in [2.45, 2.75) is 44.8 Å². The molecule has 0 bridgehead atoms. The Labute approximate surface area is 175 Å². The summed E-state index contributed by atoms with van der Waals surface area (Å²) in [6.07, 6.45) is 1.21. The van der Waals surface area contributed by atoms with Gasteiger partial charge in [0.15, 0.2) is 9.84 Å². The number of hydrogen-bond donors (Lipinski definition) is 2. The Morgan fingerprint density at radius 1 is 1.23 bits per heavy atom. The van der Waals surface area contributed by atoms with Crippen LogP contribution in [0.25, 0.3) is 0 Å². The normalized spacial score (nSPS) is 13.0. The molecule has 2 aromatic rings. The van der Waals surface area contributed by atoms with E-state index in [0.717, 1.165) is 18.3 Å². The second-order valence-corrected chi connectivity index (χ2v) is 10.2. The quantitative estimate of drug-likeness (QED) is 0.600. The Balaban J connectivity index is 2.24. The van der Waals surface area contributed by atoms with Gasteiger partial charge in [-0.15, -0.1) is 0 Å². The minimum Gasteiger partial charge on any atom is -0.321 e. The van der Waals surface area contributed by atoms with E-state index in [2.05, 4.69) is 10.3 Å². The molecule has 9 heteroatoms. The molecular weight excluding hydrogens is 412 g/mol. The average molecular weight is 438 g/mol. The summed E-state index contributed by atoms with van der Waals surface area (Å²) in [5.74, 6) is -2.84. The number of carbonyl (C=O) groups is 1. The minimum absolute atomic E-state index is 0.0160. The number of sulfone groups is 1. The van der Waals surface area contributed by atoms with Crippen molar-refractivity contribution >= 4 is 27.1 Å². The zero-order valence-corrected chi connectivity index (χ0v) is 18.1. The summed E-state index contributed by atoms with van der Waals surface area (Å²) >= 11 is 0. The maximum Gasteiger partial charge on any atom is 0.274 e. The van der Waals surface area contributed by atoms with Crippen LogP contribution in [0.3, 0.4) is 0 Å². The van der Waals surface area contributed by atoms with E-state index in [1.807, 2.05) is 0 Å².